The number of benzene rings is 1. The molecule has 1 fully saturated rings. The number of hydrogen-bond donors (Lipinski definition) is 1. The summed E-state index contributed by atoms with van der Waals surface area (Å²) < 4.78 is 15.6. The van der Waals surface area contributed by atoms with Gasteiger partial charge in [-0.05, 0) is 38.1 Å². The highest BCUT2D eigenvalue weighted by Gasteiger charge is 2.24. The van der Waals surface area contributed by atoms with E-state index in [-0.39, 0.29) is 17.5 Å². The minimum atomic E-state index is -0.329. The first kappa shape index (κ1) is 12.4. The van der Waals surface area contributed by atoms with Crippen LogP contribution in [-0.2, 0) is 0 Å². The average molecular weight is 263 g/mol. The topological polar surface area (TPSA) is 41.0 Å². The number of aromatic amines is 1. The molecule has 102 valence electrons. The maximum atomic E-state index is 14.0. The minimum Gasteiger partial charge on any atom is -0.305 e. The first-order valence-electron chi connectivity index (χ1n) is 6.81. The largest absolute Gasteiger partial charge is 0.326 e. The van der Waals surface area contributed by atoms with Crippen molar-refractivity contribution in [2.24, 2.45) is 0 Å². The second kappa shape index (κ2) is 4.81. The third-order valence-electron chi connectivity index (χ3n) is 3.98. The number of nitrogens with zero attached hydrogens (tertiary/aromatic N) is 2. The van der Waals surface area contributed by atoms with E-state index >= 15 is 0 Å². The molecule has 3 rings (SSSR count). The Morgan fingerprint density at radius 3 is 3.11 bits per heavy atom. The lowest BCUT2D eigenvalue weighted by Gasteiger charge is -2.32. The van der Waals surface area contributed by atoms with Crippen molar-refractivity contribution in [3.05, 3.63) is 34.5 Å². The molecule has 5 heteroatoms. The highest BCUT2D eigenvalue weighted by atomic mass is 19.1. The molecule has 0 spiro atoms. The van der Waals surface area contributed by atoms with Gasteiger partial charge in [0, 0.05) is 6.54 Å². The van der Waals surface area contributed by atoms with Crippen molar-refractivity contribution in [2.45, 2.75) is 25.8 Å². The third kappa shape index (κ3) is 2.08. The molecule has 1 N–H and O–H groups in total. The summed E-state index contributed by atoms with van der Waals surface area (Å²) in [4.78, 5) is 17.2. The summed E-state index contributed by atoms with van der Waals surface area (Å²) in [6, 6.07) is 4.84. The van der Waals surface area contributed by atoms with Crippen LogP contribution in [0.3, 0.4) is 0 Å². The minimum absolute atomic E-state index is 0.0619. The van der Waals surface area contributed by atoms with Crippen LogP contribution in [0.5, 0.6) is 0 Å². The second-order valence-electron chi connectivity index (χ2n) is 5.13. The van der Waals surface area contributed by atoms with Crippen molar-refractivity contribution in [3.63, 3.8) is 0 Å². The van der Waals surface area contributed by atoms with Crippen LogP contribution in [0, 0.1) is 5.82 Å². The molecule has 1 unspecified atom stereocenters. The number of halogens is 1. The van der Waals surface area contributed by atoms with Crippen LogP contribution < -0.4 is 5.69 Å². The van der Waals surface area contributed by atoms with E-state index in [0.29, 0.717) is 11.0 Å². The average Bonchev–Trinajstić information content (AvgIpc) is 2.76. The Hall–Kier alpha value is -1.62. The van der Waals surface area contributed by atoms with Gasteiger partial charge in [-0.15, -0.1) is 0 Å². The van der Waals surface area contributed by atoms with Crippen LogP contribution in [-0.4, -0.2) is 34.1 Å². The number of imidazole rings is 1. The molecule has 0 radical (unpaired) electrons. The van der Waals surface area contributed by atoms with E-state index in [1.54, 1.807) is 16.7 Å². The molecule has 1 aromatic heterocycles. The van der Waals surface area contributed by atoms with Gasteiger partial charge in [-0.1, -0.05) is 13.0 Å². The Morgan fingerprint density at radius 1 is 1.47 bits per heavy atom. The number of H-pyrrole nitrogens is 1. The molecule has 0 saturated carbocycles. The van der Waals surface area contributed by atoms with Gasteiger partial charge < -0.3 is 9.88 Å². The molecule has 2 heterocycles. The fourth-order valence-electron chi connectivity index (χ4n) is 3.02. The molecular weight excluding hydrogens is 245 g/mol. The van der Waals surface area contributed by atoms with E-state index in [4.69, 9.17) is 0 Å². The molecule has 1 saturated heterocycles. The summed E-state index contributed by atoms with van der Waals surface area (Å²) in [6.07, 6.45) is 1.98. The standard InChI is InChI=1S/C14H18FN3O/c1-2-17-8-4-5-10(9-17)18-13-11(15)6-3-7-12(13)16-14(18)19/h3,6-7,10H,2,4-5,8-9H2,1H3,(H,16,19). The van der Waals surface area contributed by atoms with E-state index in [9.17, 15) is 9.18 Å². The summed E-state index contributed by atoms with van der Waals surface area (Å²) in [6.45, 7) is 4.96. The van der Waals surface area contributed by atoms with E-state index < -0.39 is 0 Å². The Bertz CT molecular complexity index is 646. The number of rotatable bonds is 2. The van der Waals surface area contributed by atoms with E-state index in [2.05, 4.69) is 16.8 Å². The van der Waals surface area contributed by atoms with Crippen molar-refractivity contribution in [1.82, 2.24) is 14.5 Å². The van der Waals surface area contributed by atoms with Gasteiger partial charge >= 0.3 is 5.69 Å². The SMILES string of the molecule is CCN1CCCC(n2c(=O)[nH]c3cccc(F)c32)C1. The number of likely N-dealkylation sites (N-methyl/N-ethyl adjacent to an activating group) is 1. The Morgan fingerprint density at radius 2 is 2.32 bits per heavy atom. The van der Waals surface area contributed by atoms with E-state index in [1.807, 2.05) is 0 Å². The van der Waals surface area contributed by atoms with Crippen LogP contribution in [0.4, 0.5) is 4.39 Å². The molecular formula is C14H18FN3O. The van der Waals surface area contributed by atoms with Crippen LogP contribution >= 0.6 is 0 Å². The van der Waals surface area contributed by atoms with Gasteiger partial charge in [-0.25, -0.2) is 9.18 Å². The van der Waals surface area contributed by atoms with Gasteiger partial charge in [0.05, 0.1) is 11.6 Å². The van der Waals surface area contributed by atoms with E-state index in [1.165, 1.54) is 6.07 Å². The molecule has 4 nitrogen and oxygen atoms in total. The molecule has 0 bridgehead atoms. The zero-order valence-electron chi connectivity index (χ0n) is 11.0. The van der Waals surface area contributed by atoms with Crippen LogP contribution in [0.15, 0.2) is 23.0 Å². The second-order valence-corrected chi connectivity index (χ2v) is 5.13. The third-order valence-corrected chi connectivity index (χ3v) is 3.98. The summed E-state index contributed by atoms with van der Waals surface area (Å²) in [5, 5.41) is 0. The Labute approximate surface area is 110 Å². The van der Waals surface area contributed by atoms with Crippen molar-refractivity contribution >= 4 is 11.0 Å². The highest BCUT2D eigenvalue weighted by molar-refractivity contribution is 5.75. The van der Waals surface area contributed by atoms with Gasteiger partial charge in [0.2, 0.25) is 0 Å². The number of aromatic nitrogens is 2. The number of para-hydroxylation sites is 1. The predicted molar refractivity (Wildman–Crippen MR) is 72.9 cm³/mol. The lowest BCUT2D eigenvalue weighted by Crippen LogP contribution is -2.39. The van der Waals surface area contributed by atoms with Gasteiger partial charge in [0.15, 0.2) is 0 Å². The molecule has 1 aliphatic heterocycles. The quantitative estimate of drug-likeness (QED) is 0.901. The predicted octanol–water partition coefficient (Wildman–Crippen LogP) is 2.13. The monoisotopic (exact) mass is 263 g/mol. The maximum absolute atomic E-state index is 14.0. The molecule has 0 amide bonds. The van der Waals surface area contributed by atoms with Crippen molar-refractivity contribution in [2.75, 3.05) is 19.6 Å². The lowest BCUT2D eigenvalue weighted by molar-refractivity contribution is 0.185. The number of piperidine rings is 1. The van der Waals surface area contributed by atoms with Crippen molar-refractivity contribution < 1.29 is 4.39 Å². The Kier molecular flexibility index (Phi) is 3.14. The summed E-state index contributed by atoms with van der Waals surface area (Å²) in [5.41, 5.74) is 0.789. The molecule has 1 aromatic carbocycles. The summed E-state index contributed by atoms with van der Waals surface area (Å²) in [7, 11) is 0. The number of fused-ring (bicyclic) bond motifs is 1. The van der Waals surface area contributed by atoms with Gasteiger partial charge in [-0.2, -0.15) is 0 Å². The molecule has 2 aromatic rings. The van der Waals surface area contributed by atoms with Gasteiger partial charge in [0.25, 0.3) is 0 Å². The summed E-state index contributed by atoms with van der Waals surface area (Å²) in [5.74, 6) is -0.329. The van der Waals surface area contributed by atoms with Crippen molar-refractivity contribution in [1.29, 1.82) is 0 Å². The lowest BCUT2D eigenvalue weighted by atomic mass is 10.1. The van der Waals surface area contributed by atoms with E-state index in [0.717, 1.165) is 32.5 Å². The number of likely N-dealkylation sites (tertiary alicyclic amines) is 1. The molecule has 1 aliphatic rings. The maximum Gasteiger partial charge on any atom is 0.326 e. The highest BCUT2D eigenvalue weighted by Crippen LogP contribution is 2.25. The zero-order chi connectivity index (χ0) is 13.4. The first-order chi connectivity index (χ1) is 9.20. The van der Waals surface area contributed by atoms with Gasteiger partial charge in [-0.3, -0.25) is 4.57 Å². The van der Waals surface area contributed by atoms with Crippen LogP contribution in [0.1, 0.15) is 25.8 Å². The normalized spacial score (nSPS) is 21.1. The summed E-state index contributed by atoms with van der Waals surface area (Å²) >= 11 is 0. The number of hydrogen-bond acceptors (Lipinski definition) is 2. The van der Waals surface area contributed by atoms with Crippen LogP contribution in [0.25, 0.3) is 11.0 Å². The Balaban J connectivity index is 2.09. The number of nitrogens with one attached hydrogen (secondary N) is 1. The first-order valence-corrected chi connectivity index (χ1v) is 6.81. The molecule has 0 aliphatic carbocycles. The molecule has 19 heavy (non-hydrogen) atoms. The fourth-order valence-corrected chi connectivity index (χ4v) is 3.02. The van der Waals surface area contributed by atoms with Gasteiger partial charge in [0.1, 0.15) is 11.3 Å². The van der Waals surface area contributed by atoms with Crippen molar-refractivity contribution in [3.8, 4) is 0 Å². The smallest absolute Gasteiger partial charge is 0.305 e. The van der Waals surface area contributed by atoms with Crippen LogP contribution in [0.2, 0.25) is 0 Å². The zero-order valence-corrected chi connectivity index (χ0v) is 11.0. The molecule has 1 atom stereocenters. The fraction of sp³-hybridized carbons (Fsp3) is 0.500.